The number of alkyl halides is 1. The number of phenolic OH excluding ortho intramolecular Hbond substituents is 1. The fourth-order valence-corrected chi connectivity index (χ4v) is 5.32. The van der Waals surface area contributed by atoms with Crippen LogP contribution in [-0.4, -0.2) is 40.7 Å². The molecule has 3 aromatic carbocycles. The van der Waals surface area contributed by atoms with Gasteiger partial charge in [0.1, 0.15) is 11.4 Å². The third-order valence-corrected chi connectivity index (χ3v) is 7.18. The number of phenols is 1. The number of carboxylic acids is 1. The van der Waals surface area contributed by atoms with E-state index >= 15 is 4.39 Å². The van der Waals surface area contributed by atoms with E-state index < -0.39 is 17.1 Å². The molecular formula is C29H32FNO3. The molecule has 2 unspecified atom stereocenters. The van der Waals surface area contributed by atoms with Crippen LogP contribution in [0.2, 0.25) is 0 Å². The van der Waals surface area contributed by atoms with Crippen molar-refractivity contribution in [2.75, 3.05) is 19.6 Å². The summed E-state index contributed by atoms with van der Waals surface area (Å²) < 4.78 is 16.1. The number of likely N-dealkylation sites (tertiary alicyclic amines) is 1. The Labute approximate surface area is 200 Å². The van der Waals surface area contributed by atoms with E-state index in [1.54, 1.807) is 18.2 Å². The number of aromatic hydroxyl groups is 1. The van der Waals surface area contributed by atoms with Crippen LogP contribution in [0.5, 0.6) is 5.75 Å². The molecule has 2 N–H and O–H groups in total. The fourth-order valence-electron chi connectivity index (χ4n) is 5.32. The maximum absolute atomic E-state index is 16.1. The van der Waals surface area contributed by atoms with Crippen molar-refractivity contribution in [3.63, 3.8) is 0 Å². The van der Waals surface area contributed by atoms with Crippen LogP contribution in [0.25, 0.3) is 0 Å². The fraction of sp³-hybridized carbons (Fsp3) is 0.345. The zero-order chi connectivity index (χ0) is 24.2. The van der Waals surface area contributed by atoms with E-state index in [1.165, 1.54) is 6.07 Å². The Morgan fingerprint density at radius 2 is 1.59 bits per heavy atom. The van der Waals surface area contributed by atoms with Crippen LogP contribution in [0.4, 0.5) is 4.39 Å². The van der Waals surface area contributed by atoms with E-state index in [-0.39, 0.29) is 18.1 Å². The molecule has 178 valence electrons. The molecule has 0 amide bonds. The monoisotopic (exact) mass is 461 g/mol. The Morgan fingerprint density at radius 1 is 1.00 bits per heavy atom. The number of benzene rings is 3. The molecule has 4 nitrogen and oxygen atoms in total. The highest BCUT2D eigenvalue weighted by atomic mass is 19.1. The van der Waals surface area contributed by atoms with Gasteiger partial charge in [-0.3, -0.25) is 4.79 Å². The molecule has 0 aliphatic carbocycles. The lowest BCUT2D eigenvalue weighted by Gasteiger charge is -2.44. The number of aliphatic carboxylic acids is 1. The first kappa shape index (κ1) is 24.0. The number of nitrogens with zero attached hydrogens (tertiary/aromatic N) is 1. The quantitative estimate of drug-likeness (QED) is 0.468. The minimum Gasteiger partial charge on any atom is -0.508 e. The summed E-state index contributed by atoms with van der Waals surface area (Å²) in [5, 5.41) is 20.4. The highest BCUT2D eigenvalue weighted by molar-refractivity contribution is 5.76. The lowest BCUT2D eigenvalue weighted by atomic mass is 9.74. The predicted octanol–water partition coefficient (Wildman–Crippen LogP) is 5.46. The first-order chi connectivity index (χ1) is 16.3. The molecule has 5 heteroatoms. The van der Waals surface area contributed by atoms with E-state index in [9.17, 15) is 15.0 Å². The highest BCUT2D eigenvalue weighted by Crippen LogP contribution is 2.43. The second kappa shape index (κ2) is 9.98. The van der Waals surface area contributed by atoms with E-state index in [0.29, 0.717) is 38.0 Å². The first-order valence-electron chi connectivity index (χ1n) is 11.8. The van der Waals surface area contributed by atoms with E-state index in [2.05, 4.69) is 4.90 Å². The van der Waals surface area contributed by atoms with Gasteiger partial charge in [0.2, 0.25) is 0 Å². The Hall–Kier alpha value is -3.18. The van der Waals surface area contributed by atoms with Crippen molar-refractivity contribution in [1.29, 1.82) is 0 Å². The van der Waals surface area contributed by atoms with Crippen molar-refractivity contribution in [2.24, 2.45) is 11.3 Å². The van der Waals surface area contributed by atoms with Gasteiger partial charge in [-0.15, -0.1) is 0 Å². The number of rotatable bonds is 8. The van der Waals surface area contributed by atoms with Gasteiger partial charge in [0.25, 0.3) is 0 Å². The van der Waals surface area contributed by atoms with Crippen molar-refractivity contribution in [3.8, 4) is 5.75 Å². The molecule has 1 saturated heterocycles. The van der Waals surface area contributed by atoms with Crippen LogP contribution in [0.15, 0.2) is 84.9 Å². The largest absolute Gasteiger partial charge is 0.508 e. The van der Waals surface area contributed by atoms with Crippen LogP contribution < -0.4 is 0 Å². The second-order valence-electron chi connectivity index (χ2n) is 9.71. The first-order valence-corrected chi connectivity index (χ1v) is 11.8. The van der Waals surface area contributed by atoms with Gasteiger partial charge in [-0.25, -0.2) is 4.39 Å². The maximum Gasteiger partial charge on any atom is 0.311 e. The zero-order valence-electron chi connectivity index (χ0n) is 19.5. The molecule has 1 heterocycles. The summed E-state index contributed by atoms with van der Waals surface area (Å²) in [6.07, 6.45) is 1.05. The van der Waals surface area contributed by atoms with Crippen LogP contribution in [0.1, 0.15) is 30.0 Å². The van der Waals surface area contributed by atoms with Crippen molar-refractivity contribution >= 4 is 5.97 Å². The number of carboxylic acid groups (broad SMARTS) is 1. The van der Waals surface area contributed by atoms with Crippen molar-refractivity contribution in [3.05, 3.63) is 102 Å². The second-order valence-corrected chi connectivity index (χ2v) is 9.71. The number of hydrogen-bond acceptors (Lipinski definition) is 3. The van der Waals surface area contributed by atoms with E-state index in [0.717, 1.165) is 11.1 Å². The number of halogens is 1. The predicted molar refractivity (Wildman–Crippen MR) is 131 cm³/mol. The molecule has 1 fully saturated rings. The van der Waals surface area contributed by atoms with Crippen molar-refractivity contribution < 1.29 is 19.4 Å². The van der Waals surface area contributed by atoms with Gasteiger partial charge in [0, 0.05) is 25.6 Å². The van der Waals surface area contributed by atoms with Crippen LogP contribution in [0.3, 0.4) is 0 Å². The maximum atomic E-state index is 16.1. The molecule has 0 spiro atoms. The Morgan fingerprint density at radius 3 is 2.09 bits per heavy atom. The summed E-state index contributed by atoms with van der Waals surface area (Å²) in [6, 6.07) is 25.9. The molecule has 0 radical (unpaired) electrons. The normalized spacial score (nSPS) is 21.3. The third kappa shape index (κ3) is 5.15. The molecule has 3 aromatic rings. The summed E-state index contributed by atoms with van der Waals surface area (Å²) >= 11 is 0. The summed E-state index contributed by atoms with van der Waals surface area (Å²) in [5.74, 6) is -1.12. The van der Waals surface area contributed by atoms with Crippen LogP contribution in [-0.2, 0) is 23.3 Å². The van der Waals surface area contributed by atoms with Gasteiger partial charge in [-0.2, -0.15) is 0 Å². The SMILES string of the molecule is CC1CN(CC(Cc2ccccc2)(Cc2ccccc2)C(=O)O)CCC1(F)c1cccc(O)c1. The highest BCUT2D eigenvalue weighted by Gasteiger charge is 2.46. The van der Waals surface area contributed by atoms with Crippen LogP contribution >= 0.6 is 0 Å². The van der Waals surface area contributed by atoms with E-state index in [1.807, 2.05) is 67.6 Å². The zero-order valence-corrected chi connectivity index (χ0v) is 19.5. The lowest BCUT2D eigenvalue weighted by molar-refractivity contribution is -0.151. The minimum atomic E-state index is -1.56. The minimum absolute atomic E-state index is 0.0553. The number of hydrogen-bond donors (Lipinski definition) is 2. The molecule has 4 rings (SSSR count). The third-order valence-electron chi connectivity index (χ3n) is 7.18. The summed E-state index contributed by atoms with van der Waals surface area (Å²) in [5.41, 5.74) is -0.155. The lowest BCUT2D eigenvalue weighted by Crippen LogP contribution is -2.53. The average Bonchev–Trinajstić information content (AvgIpc) is 2.83. The molecule has 34 heavy (non-hydrogen) atoms. The molecule has 1 aliphatic rings. The van der Waals surface area contributed by atoms with Gasteiger partial charge in [-0.1, -0.05) is 79.7 Å². The van der Waals surface area contributed by atoms with Gasteiger partial charge < -0.3 is 15.1 Å². The van der Waals surface area contributed by atoms with Gasteiger partial charge in [0.05, 0.1) is 5.41 Å². The van der Waals surface area contributed by atoms with Crippen LogP contribution in [0, 0.1) is 11.3 Å². The van der Waals surface area contributed by atoms with Crippen molar-refractivity contribution in [2.45, 2.75) is 31.9 Å². The molecule has 0 bridgehead atoms. The average molecular weight is 462 g/mol. The summed E-state index contributed by atoms with van der Waals surface area (Å²) in [4.78, 5) is 14.9. The van der Waals surface area contributed by atoms with E-state index in [4.69, 9.17) is 0 Å². The van der Waals surface area contributed by atoms with Gasteiger partial charge in [0.15, 0.2) is 0 Å². The molecular weight excluding hydrogens is 429 g/mol. The van der Waals surface area contributed by atoms with Gasteiger partial charge in [-0.05, 0) is 48.1 Å². The summed E-state index contributed by atoms with van der Waals surface area (Å²) in [7, 11) is 0. The molecule has 0 saturated carbocycles. The Balaban J connectivity index is 1.59. The molecule has 1 aliphatic heterocycles. The number of piperidine rings is 1. The van der Waals surface area contributed by atoms with Crippen molar-refractivity contribution in [1.82, 2.24) is 4.90 Å². The number of carbonyl (C=O) groups is 1. The Kier molecular flexibility index (Phi) is 7.03. The standard InChI is InChI=1S/C29H32FNO3/c1-22-20-31(16-15-29(22,30)25-13-8-14-26(32)17-25)21-28(27(33)34,18-23-9-4-2-5-10-23)19-24-11-6-3-7-12-24/h2-14,17,22,32H,15-16,18-21H2,1H3,(H,33,34). The summed E-state index contributed by atoms with van der Waals surface area (Å²) in [6.45, 7) is 3.11. The topological polar surface area (TPSA) is 60.8 Å². The van der Waals surface area contributed by atoms with Gasteiger partial charge >= 0.3 is 5.97 Å². The molecule has 2 atom stereocenters. The Bertz CT molecular complexity index is 1060. The molecule has 0 aromatic heterocycles. The smallest absolute Gasteiger partial charge is 0.311 e.